The van der Waals surface area contributed by atoms with E-state index < -0.39 is 0 Å². The molecular weight excluding hydrogens is 306 g/mol. The van der Waals surface area contributed by atoms with Gasteiger partial charge in [-0.2, -0.15) is 0 Å². The van der Waals surface area contributed by atoms with Crippen LogP contribution >= 0.6 is 35.6 Å². The molecular formula is C12H10ClNO3S2. The molecule has 1 heterocycles. The first kappa shape index (κ1) is 14.2. The molecule has 2 N–H and O–H groups in total. The Balaban J connectivity index is 2.38. The summed E-state index contributed by atoms with van der Waals surface area (Å²) in [5, 5.41) is 12.4. The van der Waals surface area contributed by atoms with E-state index in [4.69, 9.17) is 28.6 Å². The summed E-state index contributed by atoms with van der Waals surface area (Å²) in [7, 11) is 0. The van der Waals surface area contributed by atoms with Crippen LogP contribution in [0.15, 0.2) is 17.0 Å². The molecule has 19 heavy (non-hydrogen) atoms. The summed E-state index contributed by atoms with van der Waals surface area (Å²) in [6.07, 6.45) is 1.65. The molecule has 0 bridgehead atoms. The molecule has 0 saturated carbocycles. The number of carbonyl (C=O) groups is 1. The number of thioether (sulfide) groups is 1. The number of amides is 1. The van der Waals surface area contributed by atoms with Crippen molar-refractivity contribution in [3.8, 4) is 11.5 Å². The molecule has 2 rings (SSSR count). The largest absolute Gasteiger partial charge is 0.503 e. The predicted octanol–water partition coefficient (Wildman–Crippen LogP) is 2.93. The fourth-order valence-corrected chi connectivity index (χ4v) is 2.78. The van der Waals surface area contributed by atoms with Gasteiger partial charge in [-0.15, -0.1) is 0 Å². The Kier molecular flexibility index (Phi) is 4.34. The van der Waals surface area contributed by atoms with E-state index in [0.717, 1.165) is 0 Å². The summed E-state index contributed by atoms with van der Waals surface area (Å²) in [4.78, 5) is 12.0. The van der Waals surface area contributed by atoms with Crippen LogP contribution in [0.25, 0.3) is 6.08 Å². The smallest absolute Gasteiger partial charge is 0.263 e. The van der Waals surface area contributed by atoms with Gasteiger partial charge in [-0.1, -0.05) is 35.6 Å². The van der Waals surface area contributed by atoms with Crippen molar-refractivity contribution in [3.63, 3.8) is 0 Å². The molecule has 1 amide bonds. The number of carbonyl (C=O) groups excluding carboxylic acids is 1. The number of hydrogen-bond donors (Lipinski definition) is 2. The SMILES string of the molecule is CCOc1cc(/C=C2/SC(=S)NC2=O)cc(Cl)c1O. The third-order valence-electron chi connectivity index (χ3n) is 2.29. The van der Waals surface area contributed by atoms with Crippen molar-refractivity contribution < 1.29 is 14.6 Å². The molecule has 1 aliphatic rings. The second-order valence-electron chi connectivity index (χ2n) is 3.63. The van der Waals surface area contributed by atoms with E-state index in [1.807, 2.05) is 0 Å². The van der Waals surface area contributed by atoms with E-state index >= 15 is 0 Å². The summed E-state index contributed by atoms with van der Waals surface area (Å²) < 4.78 is 5.70. The highest BCUT2D eigenvalue weighted by Crippen LogP contribution is 2.36. The second-order valence-corrected chi connectivity index (χ2v) is 5.76. The number of aromatic hydroxyl groups is 1. The topological polar surface area (TPSA) is 58.6 Å². The van der Waals surface area contributed by atoms with Gasteiger partial charge in [0.1, 0.15) is 4.32 Å². The minimum Gasteiger partial charge on any atom is -0.503 e. The standard InChI is InChI=1S/C12H10ClNO3S2/c1-2-17-8-4-6(3-7(13)10(8)15)5-9-11(16)14-12(18)19-9/h3-5,15H,2H2,1H3,(H,14,16,18)/b9-5+. The number of phenols is 1. The molecule has 0 aliphatic carbocycles. The highest BCUT2D eigenvalue weighted by Gasteiger charge is 2.22. The van der Waals surface area contributed by atoms with Crippen LogP contribution in [-0.2, 0) is 4.79 Å². The number of thiocarbonyl (C=S) groups is 1. The lowest BCUT2D eigenvalue weighted by Gasteiger charge is -2.08. The average molecular weight is 316 g/mol. The molecule has 0 unspecified atom stereocenters. The van der Waals surface area contributed by atoms with Crippen molar-refractivity contribution >= 4 is 51.9 Å². The summed E-state index contributed by atoms with van der Waals surface area (Å²) in [6.45, 7) is 2.21. The lowest BCUT2D eigenvalue weighted by molar-refractivity contribution is -0.115. The lowest BCUT2D eigenvalue weighted by Crippen LogP contribution is -2.17. The molecule has 1 aromatic carbocycles. The maximum absolute atomic E-state index is 11.6. The van der Waals surface area contributed by atoms with E-state index in [-0.39, 0.29) is 22.4 Å². The van der Waals surface area contributed by atoms with Crippen molar-refractivity contribution in [2.24, 2.45) is 0 Å². The number of halogens is 1. The fraction of sp³-hybridized carbons (Fsp3) is 0.167. The first-order valence-corrected chi connectivity index (χ1v) is 7.01. The van der Waals surface area contributed by atoms with Crippen LogP contribution in [-0.4, -0.2) is 21.9 Å². The molecule has 100 valence electrons. The maximum atomic E-state index is 11.6. The van der Waals surface area contributed by atoms with Gasteiger partial charge in [-0.25, -0.2) is 0 Å². The van der Waals surface area contributed by atoms with E-state index in [1.165, 1.54) is 11.8 Å². The van der Waals surface area contributed by atoms with E-state index in [1.54, 1.807) is 25.1 Å². The molecule has 4 nitrogen and oxygen atoms in total. The van der Waals surface area contributed by atoms with Gasteiger partial charge in [0.25, 0.3) is 5.91 Å². The van der Waals surface area contributed by atoms with Gasteiger partial charge in [0.05, 0.1) is 16.5 Å². The van der Waals surface area contributed by atoms with Crippen LogP contribution in [0.1, 0.15) is 12.5 Å². The highest BCUT2D eigenvalue weighted by molar-refractivity contribution is 8.26. The van der Waals surface area contributed by atoms with Gasteiger partial charge < -0.3 is 15.2 Å². The molecule has 0 aromatic heterocycles. The number of rotatable bonds is 3. The molecule has 0 spiro atoms. The van der Waals surface area contributed by atoms with Gasteiger partial charge in [0.15, 0.2) is 11.5 Å². The van der Waals surface area contributed by atoms with Crippen LogP contribution < -0.4 is 10.1 Å². The van der Waals surface area contributed by atoms with E-state index in [9.17, 15) is 9.90 Å². The molecule has 0 atom stereocenters. The van der Waals surface area contributed by atoms with Gasteiger partial charge in [0, 0.05) is 0 Å². The summed E-state index contributed by atoms with van der Waals surface area (Å²) >= 11 is 12.0. The van der Waals surface area contributed by atoms with Crippen molar-refractivity contribution in [3.05, 3.63) is 27.6 Å². The summed E-state index contributed by atoms with van der Waals surface area (Å²) in [5.74, 6) is -0.0605. The predicted molar refractivity (Wildman–Crippen MR) is 80.6 cm³/mol. The zero-order valence-corrected chi connectivity index (χ0v) is 12.3. The van der Waals surface area contributed by atoms with Crippen LogP contribution in [0.3, 0.4) is 0 Å². The highest BCUT2D eigenvalue weighted by atomic mass is 35.5. The summed E-state index contributed by atoms with van der Waals surface area (Å²) in [6, 6.07) is 3.18. The zero-order chi connectivity index (χ0) is 14.0. The molecule has 1 aromatic rings. The van der Waals surface area contributed by atoms with Crippen LogP contribution in [0.4, 0.5) is 0 Å². The number of hydrogen-bond acceptors (Lipinski definition) is 5. The van der Waals surface area contributed by atoms with E-state index in [2.05, 4.69) is 5.32 Å². The Morgan fingerprint density at radius 1 is 1.58 bits per heavy atom. The molecule has 1 saturated heterocycles. The first-order chi connectivity index (χ1) is 9.01. The van der Waals surface area contributed by atoms with Gasteiger partial charge in [0.2, 0.25) is 0 Å². The Morgan fingerprint density at radius 3 is 2.89 bits per heavy atom. The summed E-state index contributed by atoms with van der Waals surface area (Å²) in [5.41, 5.74) is 0.661. The maximum Gasteiger partial charge on any atom is 0.263 e. The quantitative estimate of drug-likeness (QED) is 0.663. The third-order valence-corrected chi connectivity index (χ3v) is 3.74. The van der Waals surface area contributed by atoms with Crippen molar-refractivity contribution in [1.82, 2.24) is 5.32 Å². The van der Waals surface area contributed by atoms with Gasteiger partial charge in [-0.05, 0) is 30.7 Å². The molecule has 7 heteroatoms. The minimum atomic E-state index is -0.239. The third kappa shape index (κ3) is 3.20. The monoisotopic (exact) mass is 315 g/mol. The molecule has 1 aliphatic heterocycles. The second kappa shape index (κ2) is 5.81. The van der Waals surface area contributed by atoms with Gasteiger partial charge >= 0.3 is 0 Å². The number of ether oxygens (including phenoxy) is 1. The average Bonchev–Trinajstić information content (AvgIpc) is 2.64. The van der Waals surface area contributed by atoms with Crippen molar-refractivity contribution in [2.45, 2.75) is 6.92 Å². The fourth-order valence-electron chi connectivity index (χ4n) is 1.52. The van der Waals surface area contributed by atoms with Crippen LogP contribution in [0, 0.1) is 0 Å². The first-order valence-electron chi connectivity index (χ1n) is 5.41. The Labute approximate surface area is 124 Å². The Bertz CT molecular complexity index is 587. The number of benzene rings is 1. The minimum absolute atomic E-state index is 0.107. The molecule has 1 fully saturated rings. The lowest BCUT2D eigenvalue weighted by atomic mass is 10.2. The Morgan fingerprint density at radius 2 is 2.32 bits per heavy atom. The van der Waals surface area contributed by atoms with Crippen LogP contribution in [0.2, 0.25) is 5.02 Å². The van der Waals surface area contributed by atoms with Crippen LogP contribution in [0.5, 0.6) is 11.5 Å². The van der Waals surface area contributed by atoms with E-state index in [0.29, 0.717) is 21.4 Å². The number of phenolic OH excluding ortho intramolecular Hbond substituents is 1. The molecule has 0 radical (unpaired) electrons. The van der Waals surface area contributed by atoms with Gasteiger partial charge in [-0.3, -0.25) is 4.79 Å². The Hall–Kier alpha value is -1.24. The number of nitrogens with one attached hydrogen (secondary N) is 1. The van der Waals surface area contributed by atoms with Crippen molar-refractivity contribution in [2.75, 3.05) is 6.61 Å². The van der Waals surface area contributed by atoms with Crippen molar-refractivity contribution in [1.29, 1.82) is 0 Å². The normalized spacial score (nSPS) is 16.8. The zero-order valence-electron chi connectivity index (χ0n) is 9.90.